The van der Waals surface area contributed by atoms with Crippen molar-refractivity contribution in [2.75, 3.05) is 26.3 Å². The number of halogens is 1. The third kappa shape index (κ3) is 4.65. The second-order valence-corrected chi connectivity index (χ2v) is 10.00. The highest BCUT2D eigenvalue weighted by atomic mass is 79.9. The Morgan fingerprint density at radius 3 is 2.50 bits per heavy atom. The predicted molar refractivity (Wildman–Crippen MR) is 98.6 cm³/mol. The Morgan fingerprint density at radius 2 is 1.83 bits per heavy atom. The lowest BCUT2D eigenvalue weighted by Crippen LogP contribution is -2.36. The normalized spacial score (nSPS) is 16.4. The van der Waals surface area contributed by atoms with E-state index in [0.29, 0.717) is 10.8 Å². The van der Waals surface area contributed by atoms with E-state index in [2.05, 4.69) is 31.6 Å². The van der Waals surface area contributed by atoms with E-state index in [4.69, 9.17) is 4.74 Å². The molecular weight excluding hydrogens is 412 g/mol. The van der Waals surface area contributed by atoms with E-state index in [-0.39, 0.29) is 0 Å². The van der Waals surface area contributed by atoms with Gasteiger partial charge in [-0.2, -0.15) is 0 Å². The first kappa shape index (κ1) is 18.0. The molecule has 1 fully saturated rings. The maximum atomic E-state index is 12.4. The first-order valence-electron chi connectivity index (χ1n) is 7.66. The Balaban J connectivity index is 1.68. The van der Waals surface area contributed by atoms with Gasteiger partial charge in [0.15, 0.2) is 0 Å². The highest BCUT2D eigenvalue weighted by Crippen LogP contribution is 2.26. The second kappa shape index (κ2) is 8.07. The van der Waals surface area contributed by atoms with Crippen LogP contribution >= 0.6 is 27.3 Å². The number of benzene rings is 1. The second-order valence-electron chi connectivity index (χ2n) is 5.54. The Morgan fingerprint density at radius 1 is 1.12 bits per heavy atom. The predicted octanol–water partition coefficient (Wildman–Crippen LogP) is 2.82. The van der Waals surface area contributed by atoms with Crippen LogP contribution in [0.5, 0.6) is 0 Å². The fraction of sp³-hybridized carbons (Fsp3) is 0.375. The van der Waals surface area contributed by atoms with Gasteiger partial charge < -0.3 is 4.74 Å². The quantitative estimate of drug-likeness (QED) is 0.765. The van der Waals surface area contributed by atoms with Crippen molar-refractivity contribution in [3.8, 4) is 0 Å². The molecule has 1 aliphatic rings. The monoisotopic (exact) mass is 430 g/mol. The lowest BCUT2D eigenvalue weighted by atomic mass is 10.1. The molecule has 0 bridgehead atoms. The molecule has 2 aromatic rings. The molecule has 2 heterocycles. The van der Waals surface area contributed by atoms with Crippen LogP contribution in [0.2, 0.25) is 0 Å². The largest absolute Gasteiger partial charge is 0.379 e. The van der Waals surface area contributed by atoms with Crippen molar-refractivity contribution in [3.05, 3.63) is 51.3 Å². The average molecular weight is 431 g/mol. The summed E-state index contributed by atoms with van der Waals surface area (Å²) < 4.78 is 33.9. The van der Waals surface area contributed by atoms with Crippen LogP contribution in [0, 0.1) is 0 Å². The molecule has 8 heteroatoms. The van der Waals surface area contributed by atoms with E-state index < -0.39 is 10.0 Å². The summed E-state index contributed by atoms with van der Waals surface area (Å²) in [6.07, 6.45) is 0. The van der Waals surface area contributed by atoms with Crippen LogP contribution in [0.25, 0.3) is 0 Å². The van der Waals surface area contributed by atoms with E-state index in [1.807, 2.05) is 18.2 Å². The fourth-order valence-electron chi connectivity index (χ4n) is 2.57. The summed E-state index contributed by atoms with van der Waals surface area (Å²) in [5.41, 5.74) is 2.15. The standard InChI is InChI=1S/C16H19BrN2O3S2/c17-15-5-6-16(23-15)24(20,21)18-11-13-3-1-2-4-14(13)12-19-7-9-22-10-8-19/h1-6,18H,7-12H2. The first-order valence-corrected chi connectivity index (χ1v) is 10.8. The van der Waals surface area contributed by atoms with Gasteiger partial charge in [-0.3, -0.25) is 4.90 Å². The van der Waals surface area contributed by atoms with Crippen molar-refractivity contribution in [3.63, 3.8) is 0 Å². The Kier molecular flexibility index (Phi) is 6.07. The molecule has 0 spiro atoms. The summed E-state index contributed by atoms with van der Waals surface area (Å²) in [7, 11) is -3.48. The number of nitrogens with zero attached hydrogens (tertiary/aromatic N) is 1. The van der Waals surface area contributed by atoms with Crippen molar-refractivity contribution >= 4 is 37.3 Å². The van der Waals surface area contributed by atoms with Gasteiger partial charge in [0.1, 0.15) is 4.21 Å². The van der Waals surface area contributed by atoms with Gasteiger partial charge in [-0.15, -0.1) is 11.3 Å². The van der Waals surface area contributed by atoms with Crippen LogP contribution < -0.4 is 4.72 Å². The van der Waals surface area contributed by atoms with Gasteiger partial charge in [0.25, 0.3) is 0 Å². The smallest absolute Gasteiger partial charge is 0.250 e. The van der Waals surface area contributed by atoms with Gasteiger partial charge in [-0.25, -0.2) is 13.1 Å². The van der Waals surface area contributed by atoms with E-state index in [1.165, 1.54) is 11.3 Å². The minimum atomic E-state index is -3.48. The number of hydrogen-bond acceptors (Lipinski definition) is 5. The molecule has 1 aromatic heterocycles. The Labute approximate surface area is 154 Å². The van der Waals surface area contributed by atoms with Crippen molar-refractivity contribution in [2.24, 2.45) is 0 Å². The number of nitrogens with one attached hydrogen (secondary N) is 1. The lowest BCUT2D eigenvalue weighted by Gasteiger charge is -2.27. The van der Waals surface area contributed by atoms with Crippen LogP contribution in [0.4, 0.5) is 0 Å². The van der Waals surface area contributed by atoms with Crippen LogP contribution in [0.1, 0.15) is 11.1 Å². The summed E-state index contributed by atoms with van der Waals surface area (Å²) in [6, 6.07) is 11.3. The van der Waals surface area contributed by atoms with Crippen molar-refractivity contribution < 1.29 is 13.2 Å². The molecule has 24 heavy (non-hydrogen) atoms. The molecule has 0 atom stereocenters. The molecule has 5 nitrogen and oxygen atoms in total. The Bertz CT molecular complexity index is 786. The summed E-state index contributed by atoms with van der Waals surface area (Å²) in [5, 5.41) is 0. The molecule has 1 saturated heterocycles. The maximum absolute atomic E-state index is 12.4. The van der Waals surface area contributed by atoms with E-state index in [1.54, 1.807) is 12.1 Å². The minimum absolute atomic E-state index is 0.290. The highest BCUT2D eigenvalue weighted by molar-refractivity contribution is 9.11. The molecular formula is C16H19BrN2O3S2. The van der Waals surface area contributed by atoms with Gasteiger partial charge in [0, 0.05) is 26.2 Å². The zero-order valence-electron chi connectivity index (χ0n) is 13.1. The fourth-order valence-corrected chi connectivity index (χ4v) is 5.63. The summed E-state index contributed by atoms with van der Waals surface area (Å²) in [6.45, 7) is 4.42. The first-order chi connectivity index (χ1) is 11.5. The summed E-state index contributed by atoms with van der Waals surface area (Å²) in [4.78, 5) is 2.33. The van der Waals surface area contributed by atoms with Crippen LogP contribution in [0.15, 0.2) is 44.4 Å². The number of rotatable bonds is 6. The third-order valence-corrected chi connectivity index (χ3v) is 7.40. The minimum Gasteiger partial charge on any atom is -0.379 e. The van der Waals surface area contributed by atoms with Gasteiger partial charge in [0.2, 0.25) is 10.0 Å². The Hall–Kier alpha value is -0.770. The highest BCUT2D eigenvalue weighted by Gasteiger charge is 2.18. The van der Waals surface area contributed by atoms with E-state index in [9.17, 15) is 8.42 Å². The van der Waals surface area contributed by atoms with Gasteiger partial charge in [-0.1, -0.05) is 24.3 Å². The number of thiophene rings is 1. The van der Waals surface area contributed by atoms with Crippen LogP contribution in [-0.4, -0.2) is 39.6 Å². The van der Waals surface area contributed by atoms with Gasteiger partial charge >= 0.3 is 0 Å². The SMILES string of the molecule is O=S(=O)(NCc1ccccc1CN1CCOCC1)c1ccc(Br)s1. The zero-order chi connectivity index (χ0) is 17.0. The molecule has 3 rings (SSSR count). The number of ether oxygens (including phenoxy) is 1. The topological polar surface area (TPSA) is 58.6 Å². The molecule has 1 aliphatic heterocycles. The lowest BCUT2D eigenvalue weighted by molar-refractivity contribution is 0.0341. The zero-order valence-corrected chi connectivity index (χ0v) is 16.3. The van der Waals surface area contributed by atoms with Crippen molar-refractivity contribution in [1.82, 2.24) is 9.62 Å². The number of hydrogen-bond donors (Lipinski definition) is 1. The van der Waals surface area contributed by atoms with E-state index >= 15 is 0 Å². The summed E-state index contributed by atoms with van der Waals surface area (Å²) >= 11 is 4.50. The average Bonchev–Trinajstić information content (AvgIpc) is 3.03. The molecule has 130 valence electrons. The maximum Gasteiger partial charge on any atom is 0.250 e. The number of sulfonamides is 1. The molecule has 0 amide bonds. The summed E-state index contributed by atoms with van der Waals surface area (Å²) in [5.74, 6) is 0. The molecule has 1 N–H and O–H groups in total. The van der Waals surface area contributed by atoms with Crippen LogP contribution in [-0.2, 0) is 27.8 Å². The number of morpholine rings is 1. The molecule has 0 unspecified atom stereocenters. The molecule has 0 saturated carbocycles. The van der Waals surface area contributed by atoms with Crippen molar-refractivity contribution in [2.45, 2.75) is 17.3 Å². The van der Waals surface area contributed by atoms with Crippen LogP contribution in [0.3, 0.4) is 0 Å². The van der Waals surface area contributed by atoms with Gasteiger partial charge in [-0.05, 0) is 39.2 Å². The van der Waals surface area contributed by atoms with Crippen molar-refractivity contribution in [1.29, 1.82) is 0 Å². The third-order valence-electron chi connectivity index (χ3n) is 3.88. The molecule has 1 aromatic carbocycles. The molecule has 0 radical (unpaired) electrons. The van der Waals surface area contributed by atoms with Gasteiger partial charge in [0.05, 0.1) is 17.0 Å². The van der Waals surface area contributed by atoms with E-state index in [0.717, 1.165) is 47.8 Å². The molecule has 0 aliphatic carbocycles.